The topological polar surface area (TPSA) is 80.9 Å². The largest absolute Gasteiger partial charge is 0.356 e. The molecule has 3 heterocycles. The highest BCUT2D eigenvalue weighted by Gasteiger charge is 2.15. The van der Waals surface area contributed by atoms with Gasteiger partial charge in [-0.2, -0.15) is 0 Å². The lowest BCUT2D eigenvalue weighted by Gasteiger charge is -2.03. The number of hydrogen-bond donors (Lipinski definition) is 1. The van der Waals surface area contributed by atoms with E-state index in [1.54, 1.807) is 6.20 Å². The van der Waals surface area contributed by atoms with Crippen LogP contribution >= 0.6 is 11.3 Å². The van der Waals surface area contributed by atoms with Gasteiger partial charge in [0.1, 0.15) is 10.7 Å². The van der Waals surface area contributed by atoms with Crippen LogP contribution in [-0.4, -0.2) is 21.0 Å². The maximum atomic E-state index is 12.4. The third-order valence-electron chi connectivity index (χ3n) is 4.22. The molecule has 0 aliphatic carbocycles. The number of hydrogen-bond acceptors (Lipinski definition) is 6. The maximum Gasteiger partial charge on any atom is 0.226 e. The molecule has 1 aromatic carbocycles. The van der Waals surface area contributed by atoms with E-state index < -0.39 is 0 Å². The van der Waals surface area contributed by atoms with Gasteiger partial charge >= 0.3 is 0 Å². The summed E-state index contributed by atoms with van der Waals surface area (Å²) >= 11 is 1.51. The first-order valence-corrected chi connectivity index (χ1v) is 9.46. The minimum Gasteiger partial charge on any atom is -0.356 e. The lowest BCUT2D eigenvalue weighted by molar-refractivity contribution is -0.120. The van der Waals surface area contributed by atoms with E-state index >= 15 is 0 Å². The van der Waals surface area contributed by atoms with E-state index in [-0.39, 0.29) is 12.3 Å². The Morgan fingerprint density at radius 1 is 1.26 bits per heavy atom. The molecule has 7 heteroatoms. The summed E-state index contributed by atoms with van der Waals surface area (Å²) in [7, 11) is 0. The monoisotopic (exact) mass is 378 g/mol. The number of nitrogens with one attached hydrogen (secondary N) is 1. The highest BCUT2D eigenvalue weighted by molar-refractivity contribution is 7.13. The second kappa shape index (κ2) is 7.28. The number of carbonyl (C=O) groups is 1. The van der Waals surface area contributed by atoms with Gasteiger partial charge in [0, 0.05) is 17.0 Å². The third-order valence-corrected chi connectivity index (χ3v) is 5.13. The van der Waals surface area contributed by atoms with Crippen LogP contribution in [0, 0.1) is 13.8 Å². The van der Waals surface area contributed by atoms with Crippen LogP contribution in [0.1, 0.15) is 22.5 Å². The molecule has 3 aromatic heterocycles. The molecule has 0 aliphatic rings. The molecular formula is C20H18N4O2S. The van der Waals surface area contributed by atoms with Gasteiger partial charge in [-0.15, -0.1) is 11.3 Å². The van der Waals surface area contributed by atoms with Gasteiger partial charge < -0.3 is 9.84 Å². The Morgan fingerprint density at radius 3 is 2.96 bits per heavy atom. The number of fused-ring (bicyclic) bond motifs is 1. The number of aromatic nitrogens is 3. The summed E-state index contributed by atoms with van der Waals surface area (Å²) in [5.74, 6) is -0.113. The molecule has 6 nitrogen and oxygen atoms in total. The fourth-order valence-electron chi connectivity index (χ4n) is 3.04. The summed E-state index contributed by atoms with van der Waals surface area (Å²) in [6.07, 6.45) is 1.91. The Morgan fingerprint density at radius 2 is 2.15 bits per heavy atom. The van der Waals surface area contributed by atoms with Gasteiger partial charge in [-0.1, -0.05) is 17.3 Å². The van der Waals surface area contributed by atoms with Crippen LogP contribution < -0.4 is 5.32 Å². The van der Waals surface area contributed by atoms with E-state index in [2.05, 4.69) is 26.5 Å². The summed E-state index contributed by atoms with van der Waals surface area (Å²) in [5.41, 5.74) is 5.20. The van der Waals surface area contributed by atoms with Gasteiger partial charge in [0.25, 0.3) is 0 Å². The van der Waals surface area contributed by atoms with Crippen LogP contribution in [0.25, 0.3) is 21.7 Å². The van der Waals surface area contributed by atoms with Crippen LogP contribution in [0.15, 0.2) is 46.4 Å². The van der Waals surface area contributed by atoms with Crippen molar-refractivity contribution in [1.82, 2.24) is 20.4 Å². The van der Waals surface area contributed by atoms with Crippen molar-refractivity contribution in [3.63, 3.8) is 0 Å². The zero-order chi connectivity index (χ0) is 18.8. The van der Waals surface area contributed by atoms with E-state index in [1.807, 2.05) is 43.5 Å². The van der Waals surface area contributed by atoms with Crippen LogP contribution in [0.3, 0.4) is 0 Å². The minimum absolute atomic E-state index is 0.113. The van der Waals surface area contributed by atoms with Crippen LogP contribution in [0.5, 0.6) is 0 Å². The fraction of sp³-hybridized carbons (Fsp3) is 0.200. The molecule has 1 N–H and O–H groups in total. The zero-order valence-corrected chi connectivity index (χ0v) is 15.8. The second-order valence-electron chi connectivity index (χ2n) is 6.40. The Hall–Kier alpha value is -3.06. The molecule has 0 aliphatic heterocycles. The van der Waals surface area contributed by atoms with E-state index in [1.165, 1.54) is 11.3 Å². The summed E-state index contributed by atoms with van der Waals surface area (Å²) in [6.45, 7) is 4.38. The average molecular weight is 378 g/mol. The Labute approximate surface area is 160 Å². The number of carbonyl (C=O) groups excluding carboxylic acids is 1. The Balaban J connectivity index is 1.42. The fourth-order valence-corrected chi connectivity index (χ4v) is 3.83. The molecule has 4 aromatic rings. The first-order valence-electron chi connectivity index (χ1n) is 8.58. The molecule has 0 unspecified atom stereocenters. The van der Waals surface area contributed by atoms with Gasteiger partial charge in [0.05, 0.1) is 24.4 Å². The first kappa shape index (κ1) is 17.4. The molecule has 0 saturated heterocycles. The van der Waals surface area contributed by atoms with Gasteiger partial charge in [0.15, 0.2) is 5.58 Å². The molecule has 0 radical (unpaired) electrons. The SMILES string of the molecule is Cc1cc(C)c2c(CC(=O)NCc3csc(-c4ccccn4)n3)noc2c1. The van der Waals surface area contributed by atoms with Crippen LogP contribution in [-0.2, 0) is 17.8 Å². The van der Waals surface area contributed by atoms with Gasteiger partial charge in [-0.3, -0.25) is 9.78 Å². The highest BCUT2D eigenvalue weighted by Crippen LogP contribution is 2.24. The van der Waals surface area contributed by atoms with Gasteiger partial charge in [0.2, 0.25) is 5.91 Å². The van der Waals surface area contributed by atoms with Crippen molar-refractivity contribution in [1.29, 1.82) is 0 Å². The van der Waals surface area contributed by atoms with Crippen molar-refractivity contribution >= 4 is 28.2 Å². The van der Waals surface area contributed by atoms with Crippen molar-refractivity contribution in [3.8, 4) is 10.7 Å². The lowest BCUT2D eigenvalue weighted by atomic mass is 10.0. The molecule has 0 spiro atoms. The Bertz CT molecular complexity index is 1100. The van der Waals surface area contributed by atoms with Crippen LogP contribution in [0.2, 0.25) is 0 Å². The zero-order valence-electron chi connectivity index (χ0n) is 15.0. The summed E-state index contributed by atoms with van der Waals surface area (Å²) in [5, 5.41) is 10.7. The van der Waals surface area contributed by atoms with E-state index in [9.17, 15) is 4.79 Å². The molecule has 0 atom stereocenters. The van der Waals surface area contributed by atoms with Crippen LogP contribution in [0.4, 0.5) is 0 Å². The van der Waals surface area contributed by atoms with Crippen molar-refractivity contribution in [3.05, 3.63) is 64.4 Å². The summed E-state index contributed by atoms with van der Waals surface area (Å²) in [4.78, 5) is 21.2. The minimum atomic E-state index is -0.113. The van der Waals surface area contributed by atoms with Gasteiger partial charge in [-0.25, -0.2) is 4.98 Å². The number of pyridine rings is 1. The Kier molecular flexibility index (Phi) is 4.68. The molecule has 4 rings (SSSR count). The number of thiazole rings is 1. The smallest absolute Gasteiger partial charge is 0.226 e. The number of nitrogens with zero attached hydrogens (tertiary/aromatic N) is 3. The van der Waals surface area contributed by atoms with Crippen molar-refractivity contribution in [2.75, 3.05) is 0 Å². The maximum absolute atomic E-state index is 12.4. The van der Waals surface area contributed by atoms with E-state index in [4.69, 9.17) is 4.52 Å². The molecule has 27 heavy (non-hydrogen) atoms. The van der Waals surface area contributed by atoms with Crippen molar-refractivity contribution in [2.24, 2.45) is 0 Å². The molecule has 0 saturated carbocycles. The standard InChI is InChI=1S/C20H18N4O2S/c1-12-7-13(2)19-16(24-26-17(19)8-12)9-18(25)22-10-14-11-27-20(23-14)15-5-3-4-6-21-15/h3-8,11H,9-10H2,1-2H3,(H,22,25). The van der Waals surface area contributed by atoms with E-state index in [0.717, 1.165) is 38.5 Å². The summed E-state index contributed by atoms with van der Waals surface area (Å²) in [6, 6.07) is 9.72. The van der Waals surface area contributed by atoms with Gasteiger partial charge in [-0.05, 0) is 43.2 Å². The first-order chi connectivity index (χ1) is 13.1. The number of aryl methyl sites for hydroxylation is 2. The summed E-state index contributed by atoms with van der Waals surface area (Å²) < 4.78 is 5.38. The predicted molar refractivity (Wildman–Crippen MR) is 104 cm³/mol. The third kappa shape index (κ3) is 3.73. The molecule has 0 fully saturated rings. The average Bonchev–Trinajstić information content (AvgIpc) is 3.28. The molecule has 1 amide bonds. The molecule has 0 bridgehead atoms. The quantitative estimate of drug-likeness (QED) is 0.571. The van der Waals surface area contributed by atoms with Crippen molar-refractivity contribution in [2.45, 2.75) is 26.8 Å². The number of benzene rings is 1. The number of amides is 1. The number of rotatable bonds is 5. The molecule has 136 valence electrons. The van der Waals surface area contributed by atoms with Crippen molar-refractivity contribution < 1.29 is 9.32 Å². The highest BCUT2D eigenvalue weighted by atomic mass is 32.1. The molecular weight excluding hydrogens is 360 g/mol. The second-order valence-corrected chi connectivity index (χ2v) is 7.25. The lowest BCUT2D eigenvalue weighted by Crippen LogP contribution is -2.24. The van der Waals surface area contributed by atoms with E-state index in [0.29, 0.717) is 12.2 Å². The predicted octanol–water partition coefficient (Wildman–Crippen LogP) is 3.82. The normalized spacial score (nSPS) is 11.0.